The van der Waals surface area contributed by atoms with Crippen molar-refractivity contribution < 1.29 is 14.3 Å². The molecule has 27 heavy (non-hydrogen) atoms. The Bertz CT molecular complexity index is 868. The highest BCUT2D eigenvalue weighted by atomic mass is 16.5. The highest BCUT2D eigenvalue weighted by Crippen LogP contribution is 2.08. The Morgan fingerprint density at radius 1 is 0.889 bits per heavy atom. The standard InChI is InChI=1S/C22H20N2O3/c25-21(18-11-5-2-6-12-18)24-20(15-17-9-3-1-4-10-17)22(26)27-16-19-13-7-8-14-23-19/h1-14,20H,15-16H2,(H,24,25). The van der Waals surface area contributed by atoms with Gasteiger partial charge in [0.2, 0.25) is 0 Å². The van der Waals surface area contributed by atoms with Gasteiger partial charge in [0.25, 0.3) is 5.91 Å². The van der Waals surface area contributed by atoms with Crippen LogP contribution in [0.3, 0.4) is 0 Å². The summed E-state index contributed by atoms with van der Waals surface area (Å²) in [5.41, 5.74) is 2.08. The zero-order chi connectivity index (χ0) is 18.9. The Morgan fingerprint density at radius 3 is 2.22 bits per heavy atom. The summed E-state index contributed by atoms with van der Waals surface area (Å²) in [6.45, 7) is 0.0617. The first-order valence-electron chi connectivity index (χ1n) is 8.69. The number of hydrogen-bond donors (Lipinski definition) is 1. The second-order valence-electron chi connectivity index (χ2n) is 6.01. The van der Waals surface area contributed by atoms with Crippen LogP contribution >= 0.6 is 0 Å². The molecule has 5 nitrogen and oxygen atoms in total. The Hall–Kier alpha value is -3.47. The zero-order valence-electron chi connectivity index (χ0n) is 14.7. The molecule has 1 amide bonds. The third kappa shape index (κ3) is 5.51. The van der Waals surface area contributed by atoms with Crippen molar-refractivity contribution in [2.45, 2.75) is 19.1 Å². The van der Waals surface area contributed by atoms with E-state index >= 15 is 0 Å². The Morgan fingerprint density at radius 2 is 1.56 bits per heavy atom. The average Bonchev–Trinajstić information content (AvgIpc) is 2.73. The molecule has 0 aliphatic carbocycles. The minimum Gasteiger partial charge on any atom is -0.458 e. The molecule has 2 aromatic carbocycles. The molecule has 1 unspecified atom stereocenters. The van der Waals surface area contributed by atoms with Crippen LogP contribution < -0.4 is 5.32 Å². The molecule has 0 saturated heterocycles. The van der Waals surface area contributed by atoms with E-state index in [-0.39, 0.29) is 12.5 Å². The van der Waals surface area contributed by atoms with Crippen molar-refractivity contribution in [3.63, 3.8) is 0 Å². The molecule has 0 aliphatic rings. The molecule has 0 spiro atoms. The fourth-order valence-corrected chi connectivity index (χ4v) is 2.60. The number of pyridine rings is 1. The predicted molar refractivity (Wildman–Crippen MR) is 102 cm³/mol. The van der Waals surface area contributed by atoms with Gasteiger partial charge in [-0.1, -0.05) is 54.6 Å². The summed E-state index contributed by atoms with van der Waals surface area (Å²) in [6, 6.07) is 22.9. The predicted octanol–water partition coefficient (Wildman–Crippen LogP) is 3.17. The van der Waals surface area contributed by atoms with E-state index in [4.69, 9.17) is 4.74 Å². The van der Waals surface area contributed by atoms with Gasteiger partial charge in [0.15, 0.2) is 0 Å². The minimum absolute atomic E-state index is 0.0617. The molecule has 1 N–H and O–H groups in total. The largest absolute Gasteiger partial charge is 0.458 e. The molecule has 1 atom stereocenters. The molecule has 3 rings (SSSR count). The zero-order valence-corrected chi connectivity index (χ0v) is 14.7. The van der Waals surface area contributed by atoms with Crippen molar-refractivity contribution in [2.75, 3.05) is 0 Å². The van der Waals surface area contributed by atoms with E-state index in [0.29, 0.717) is 17.7 Å². The molecule has 1 heterocycles. The van der Waals surface area contributed by atoms with Gasteiger partial charge in [-0.25, -0.2) is 4.79 Å². The molecule has 1 aromatic heterocycles. The van der Waals surface area contributed by atoms with Crippen molar-refractivity contribution >= 4 is 11.9 Å². The number of amides is 1. The lowest BCUT2D eigenvalue weighted by molar-refractivity contribution is -0.147. The van der Waals surface area contributed by atoms with Crippen LogP contribution in [-0.4, -0.2) is 22.9 Å². The van der Waals surface area contributed by atoms with Crippen LogP contribution in [0.5, 0.6) is 0 Å². The first-order valence-corrected chi connectivity index (χ1v) is 8.69. The van der Waals surface area contributed by atoms with Gasteiger partial charge in [0.1, 0.15) is 12.6 Å². The van der Waals surface area contributed by atoms with Gasteiger partial charge in [0, 0.05) is 18.2 Å². The number of benzene rings is 2. The molecule has 0 radical (unpaired) electrons. The highest BCUT2D eigenvalue weighted by molar-refractivity contribution is 5.96. The van der Waals surface area contributed by atoms with Crippen LogP contribution in [0.15, 0.2) is 85.1 Å². The van der Waals surface area contributed by atoms with E-state index < -0.39 is 12.0 Å². The number of esters is 1. The Balaban J connectivity index is 1.70. The molecule has 136 valence electrons. The maximum atomic E-state index is 12.6. The van der Waals surface area contributed by atoms with Crippen molar-refractivity contribution in [1.82, 2.24) is 10.3 Å². The summed E-state index contributed by atoms with van der Waals surface area (Å²) in [5, 5.41) is 2.78. The van der Waals surface area contributed by atoms with Crippen LogP contribution in [0.1, 0.15) is 21.6 Å². The summed E-state index contributed by atoms with van der Waals surface area (Å²) in [4.78, 5) is 29.3. The lowest BCUT2D eigenvalue weighted by Gasteiger charge is -2.18. The SMILES string of the molecule is O=C(NC(Cc1ccccc1)C(=O)OCc1ccccn1)c1ccccc1. The molecular formula is C22H20N2O3. The molecular weight excluding hydrogens is 340 g/mol. The molecule has 0 saturated carbocycles. The summed E-state index contributed by atoms with van der Waals surface area (Å²) in [6.07, 6.45) is 1.99. The van der Waals surface area contributed by atoms with Gasteiger partial charge in [-0.2, -0.15) is 0 Å². The number of carbonyl (C=O) groups excluding carboxylic acids is 2. The quantitative estimate of drug-likeness (QED) is 0.657. The average molecular weight is 360 g/mol. The third-order valence-corrected chi connectivity index (χ3v) is 4.00. The number of aromatic nitrogens is 1. The number of rotatable bonds is 7. The smallest absolute Gasteiger partial charge is 0.329 e. The van der Waals surface area contributed by atoms with Crippen LogP contribution in [0, 0.1) is 0 Å². The second-order valence-corrected chi connectivity index (χ2v) is 6.01. The molecule has 0 bridgehead atoms. The van der Waals surface area contributed by atoms with Crippen LogP contribution in [-0.2, 0) is 22.6 Å². The normalized spacial score (nSPS) is 11.4. The number of carbonyl (C=O) groups is 2. The molecule has 0 fully saturated rings. The van der Waals surface area contributed by atoms with E-state index in [1.54, 1.807) is 42.6 Å². The van der Waals surface area contributed by atoms with Crippen LogP contribution in [0.4, 0.5) is 0 Å². The summed E-state index contributed by atoms with van der Waals surface area (Å²) in [7, 11) is 0. The van der Waals surface area contributed by atoms with Crippen LogP contribution in [0.2, 0.25) is 0 Å². The van der Waals surface area contributed by atoms with Crippen LogP contribution in [0.25, 0.3) is 0 Å². The van der Waals surface area contributed by atoms with Gasteiger partial charge in [-0.15, -0.1) is 0 Å². The fraction of sp³-hybridized carbons (Fsp3) is 0.136. The van der Waals surface area contributed by atoms with Crippen molar-refractivity contribution in [1.29, 1.82) is 0 Å². The number of ether oxygens (including phenoxy) is 1. The molecule has 3 aromatic rings. The maximum absolute atomic E-state index is 12.6. The van der Waals surface area contributed by atoms with E-state index in [9.17, 15) is 9.59 Å². The summed E-state index contributed by atoms with van der Waals surface area (Å²) in [5.74, 6) is -0.805. The minimum atomic E-state index is -0.788. The molecule has 5 heteroatoms. The summed E-state index contributed by atoms with van der Waals surface area (Å²) < 4.78 is 5.38. The Kier molecular flexibility index (Phi) is 6.30. The van der Waals surface area contributed by atoms with Gasteiger partial charge < -0.3 is 10.1 Å². The third-order valence-electron chi connectivity index (χ3n) is 4.00. The fourth-order valence-electron chi connectivity index (χ4n) is 2.60. The number of nitrogens with one attached hydrogen (secondary N) is 1. The lowest BCUT2D eigenvalue weighted by Crippen LogP contribution is -2.43. The Labute approximate surface area is 158 Å². The first kappa shape index (κ1) is 18.3. The van der Waals surface area contributed by atoms with E-state index in [0.717, 1.165) is 5.56 Å². The van der Waals surface area contributed by atoms with Gasteiger partial charge in [0.05, 0.1) is 5.69 Å². The maximum Gasteiger partial charge on any atom is 0.329 e. The van der Waals surface area contributed by atoms with Gasteiger partial charge in [-0.3, -0.25) is 9.78 Å². The number of hydrogen-bond acceptors (Lipinski definition) is 4. The van der Waals surface area contributed by atoms with Gasteiger partial charge in [-0.05, 0) is 29.8 Å². The first-order chi connectivity index (χ1) is 13.2. The van der Waals surface area contributed by atoms with E-state index in [2.05, 4.69) is 10.3 Å². The second kappa shape index (κ2) is 9.29. The number of nitrogens with zero attached hydrogens (tertiary/aromatic N) is 1. The van der Waals surface area contributed by atoms with E-state index in [1.165, 1.54) is 0 Å². The summed E-state index contributed by atoms with van der Waals surface area (Å²) >= 11 is 0. The highest BCUT2D eigenvalue weighted by Gasteiger charge is 2.23. The van der Waals surface area contributed by atoms with Crippen molar-refractivity contribution in [2.24, 2.45) is 0 Å². The molecule has 0 aliphatic heterocycles. The topological polar surface area (TPSA) is 68.3 Å². The van der Waals surface area contributed by atoms with Crippen molar-refractivity contribution in [3.8, 4) is 0 Å². The van der Waals surface area contributed by atoms with Gasteiger partial charge >= 0.3 is 5.97 Å². The van der Waals surface area contributed by atoms with Crippen molar-refractivity contribution in [3.05, 3.63) is 102 Å². The lowest BCUT2D eigenvalue weighted by atomic mass is 10.1. The monoisotopic (exact) mass is 360 g/mol. The van der Waals surface area contributed by atoms with E-state index in [1.807, 2.05) is 42.5 Å².